The van der Waals surface area contributed by atoms with Gasteiger partial charge in [-0.3, -0.25) is 4.99 Å². The van der Waals surface area contributed by atoms with Gasteiger partial charge < -0.3 is 0 Å². The number of rotatable bonds is 1. The molecule has 0 saturated carbocycles. The maximum atomic E-state index is 5.71. The van der Waals surface area contributed by atoms with Crippen molar-refractivity contribution >= 4 is 6.21 Å². The number of aliphatic imine (C=N–C) groups is 1. The van der Waals surface area contributed by atoms with Crippen molar-refractivity contribution < 1.29 is 0 Å². The maximum absolute atomic E-state index is 5.71. The van der Waals surface area contributed by atoms with E-state index in [4.69, 9.17) is 6.42 Å². The quantitative estimate of drug-likeness (QED) is 0.614. The molecule has 0 fully saturated rings. The van der Waals surface area contributed by atoms with Gasteiger partial charge in [-0.2, -0.15) is 0 Å². The Labute approximate surface area is 91.2 Å². The van der Waals surface area contributed by atoms with Crippen molar-refractivity contribution in [3.63, 3.8) is 0 Å². The first-order valence-electron chi connectivity index (χ1n) is 5.19. The van der Waals surface area contributed by atoms with Gasteiger partial charge in [0, 0.05) is 11.6 Å². The molecule has 0 bridgehead atoms. The minimum Gasteiger partial charge on any atom is -0.272 e. The van der Waals surface area contributed by atoms with Crippen molar-refractivity contribution in [3.05, 3.63) is 35.9 Å². The SMILES string of the molecule is C#CC1(c2ccccc2)N=CCC1(C)C. The van der Waals surface area contributed by atoms with Crippen LogP contribution in [0.2, 0.25) is 0 Å². The Morgan fingerprint density at radius 3 is 2.40 bits per heavy atom. The minimum atomic E-state index is -0.478. The van der Waals surface area contributed by atoms with E-state index < -0.39 is 5.54 Å². The number of nitrogens with zero attached hydrogens (tertiary/aromatic N) is 1. The van der Waals surface area contributed by atoms with Gasteiger partial charge in [-0.1, -0.05) is 50.1 Å². The molecular weight excluding hydrogens is 182 g/mol. The van der Waals surface area contributed by atoms with Crippen LogP contribution in [-0.2, 0) is 5.54 Å². The molecule has 0 spiro atoms. The molecule has 0 N–H and O–H groups in total. The summed E-state index contributed by atoms with van der Waals surface area (Å²) in [6.45, 7) is 4.35. The summed E-state index contributed by atoms with van der Waals surface area (Å²) in [5, 5.41) is 0. The van der Waals surface area contributed by atoms with Gasteiger partial charge in [-0.25, -0.2) is 0 Å². The molecule has 76 valence electrons. The van der Waals surface area contributed by atoms with Gasteiger partial charge >= 0.3 is 0 Å². The third-order valence-electron chi connectivity index (χ3n) is 3.27. The lowest BCUT2D eigenvalue weighted by atomic mass is 9.69. The Morgan fingerprint density at radius 1 is 1.27 bits per heavy atom. The van der Waals surface area contributed by atoms with E-state index in [1.165, 1.54) is 0 Å². The fourth-order valence-corrected chi connectivity index (χ4v) is 2.19. The van der Waals surface area contributed by atoms with Gasteiger partial charge in [0.25, 0.3) is 0 Å². The van der Waals surface area contributed by atoms with Gasteiger partial charge in [-0.15, -0.1) is 6.42 Å². The lowest BCUT2D eigenvalue weighted by Crippen LogP contribution is -2.35. The zero-order valence-corrected chi connectivity index (χ0v) is 9.20. The number of benzene rings is 1. The second kappa shape index (κ2) is 3.24. The molecule has 1 unspecified atom stereocenters. The van der Waals surface area contributed by atoms with Crippen molar-refractivity contribution in [2.75, 3.05) is 0 Å². The summed E-state index contributed by atoms with van der Waals surface area (Å²) in [4.78, 5) is 4.55. The lowest BCUT2D eigenvalue weighted by molar-refractivity contribution is 0.262. The third kappa shape index (κ3) is 1.29. The predicted molar refractivity (Wildman–Crippen MR) is 63.8 cm³/mol. The molecular formula is C14H15N. The highest BCUT2D eigenvalue weighted by atomic mass is 14.9. The van der Waals surface area contributed by atoms with Crippen molar-refractivity contribution in [1.82, 2.24) is 0 Å². The van der Waals surface area contributed by atoms with Crippen LogP contribution >= 0.6 is 0 Å². The van der Waals surface area contributed by atoms with Crippen LogP contribution in [0.25, 0.3) is 0 Å². The molecule has 0 radical (unpaired) electrons. The summed E-state index contributed by atoms with van der Waals surface area (Å²) in [6.07, 6.45) is 8.60. The summed E-state index contributed by atoms with van der Waals surface area (Å²) in [7, 11) is 0. The van der Waals surface area contributed by atoms with Crippen LogP contribution < -0.4 is 0 Å². The van der Waals surface area contributed by atoms with Crippen molar-refractivity contribution in [2.45, 2.75) is 25.8 Å². The van der Waals surface area contributed by atoms with Crippen molar-refractivity contribution in [1.29, 1.82) is 0 Å². The molecule has 0 saturated heterocycles. The van der Waals surface area contributed by atoms with E-state index in [9.17, 15) is 0 Å². The molecule has 2 rings (SSSR count). The highest BCUT2D eigenvalue weighted by Gasteiger charge is 2.47. The van der Waals surface area contributed by atoms with E-state index in [2.05, 4.69) is 36.9 Å². The van der Waals surface area contributed by atoms with Gasteiger partial charge in [-0.05, 0) is 12.0 Å². The number of terminal acetylenes is 1. The smallest absolute Gasteiger partial charge is 0.150 e. The molecule has 15 heavy (non-hydrogen) atoms. The van der Waals surface area contributed by atoms with Gasteiger partial charge in [0.1, 0.15) is 0 Å². The average molecular weight is 197 g/mol. The van der Waals surface area contributed by atoms with Gasteiger partial charge in [0.2, 0.25) is 0 Å². The Morgan fingerprint density at radius 2 is 1.93 bits per heavy atom. The number of hydrogen-bond donors (Lipinski definition) is 0. The zero-order chi connectivity index (χ0) is 10.9. The minimum absolute atomic E-state index is 0.00308. The Kier molecular flexibility index (Phi) is 2.16. The van der Waals surface area contributed by atoms with Crippen molar-refractivity contribution in [2.24, 2.45) is 10.4 Å². The first-order chi connectivity index (χ1) is 7.12. The standard InChI is InChI=1S/C14H15N/c1-4-14(12-8-6-5-7-9-12)13(2,3)10-11-15-14/h1,5-9,11H,10H2,2-3H3. The summed E-state index contributed by atoms with van der Waals surface area (Å²) < 4.78 is 0. The Bertz CT molecular complexity index is 422. The predicted octanol–water partition coefficient (Wildman–Crippen LogP) is 3.02. The molecule has 0 amide bonds. The topological polar surface area (TPSA) is 12.4 Å². The van der Waals surface area contributed by atoms with Crippen LogP contribution in [0, 0.1) is 17.8 Å². The van der Waals surface area contributed by atoms with E-state index in [-0.39, 0.29) is 5.41 Å². The van der Waals surface area contributed by atoms with Gasteiger partial charge in [0.15, 0.2) is 5.54 Å². The van der Waals surface area contributed by atoms with Gasteiger partial charge in [0.05, 0.1) is 0 Å². The summed E-state index contributed by atoms with van der Waals surface area (Å²) in [5.41, 5.74) is 0.642. The maximum Gasteiger partial charge on any atom is 0.150 e. The van der Waals surface area contributed by atoms with E-state index >= 15 is 0 Å². The zero-order valence-electron chi connectivity index (χ0n) is 9.20. The molecule has 1 atom stereocenters. The fourth-order valence-electron chi connectivity index (χ4n) is 2.19. The summed E-state index contributed by atoms with van der Waals surface area (Å²) >= 11 is 0. The van der Waals surface area contributed by atoms with E-state index in [0.717, 1.165) is 12.0 Å². The van der Waals surface area contributed by atoms with Crippen LogP contribution in [0.1, 0.15) is 25.8 Å². The first kappa shape index (κ1) is 9.98. The van der Waals surface area contributed by atoms with Crippen LogP contribution in [0.15, 0.2) is 35.3 Å². The van der Waals surface area contributed by atoms with Crippen LogP contribution in [0.4, 0.5) is 0 Å². The average Bonchev–Trinajstić information content (AvgIpc) is 2.55. The van der Waals surface area contributed by atoms with E-state index in [1.807, 2.05) is 24.4 Å². The molecule has 1 heteroatoms. The van der Waals surface area contributed by atoms with Crippen LogP contribution in [-0.4, -0.2) is 6.21 Å². The summed E-state index contributed by atoms with van der Waals surface area (Å²) in [5.74, 6) is 2.89. The van der Waals surface area contributed by atoms with Crippen molar-refractivity contribution in [3.8, 4) is 12.3 Å². The molecule has 1 aliphatic rings. The molecule has 1 heterocycles. The molecule has 1 aliphatic heterocycles. The lowest BCUT2D eigenvalue weighted by Gasteiger charge is -2.35. The third-order valence-corrected chi connectivity index (χ3v) is 3.27. The Balaban J connectivity index is 2.58. The summed E-state index contributed by atoms with van der Waals surface area (Å²) in [6, 6.07) is 10.1. The number of hydrogen-bond acceptors (Lipinski definition) is 1. The second-order valence-electron chi connectivity index (χ2n) is 4.62. The fraction of sp³-hybridized carbons (Fsp3) is 0.357. The van der Waals surface area contributed by atoms with Crippen LogP contribution in [0.3, 0.4) is 0 Å². The van der Waals surface area contributed by atoms with E-state index in [0.29, 0.717) is 0 Å². The molecule has 1 nitrogen and oxygen atoms in total. The largest absolute Gasteiger partial charge is 0.272 e. The van der Waals surface area contributed by atoms with E-state index in [1.54, 1.807) is 0 Å². The highest BCUT2D eigenvalue weighted by Crippen LogP contribution is 2.47. The molecule has 1 aromatic carbocycles. The Hall–Kier alpha value is -1.55. The van der Waals surface area contributed by atoms with Crippen LogP contribution in [0.5, 0.6) is 0 Å². The highest BCUT2D eigenvalue weighted by molar-refractivity contribution is 5.66. The first-order valence-corrected chi connectivity index (χ1v) is 5.19. The monoisotopic (exact) mass is 197 g/mol. The molecule has 1 aromatic rings. The normalized spacial score (nSPS) is 27.5. The molecule has 0 aliphatic carbocycles. The molecule has 0 aromatic heterocycles. The second-order valence-corrected chi connectivity index (χ2v) is 4.62.